The summed E-state index contributed by atoms with van der Waals surface area (Å²) in [5.74, 6) is 0.991. The summed E-state index contributed by atoms with van der Waals surface area (Å²) < 4.78 is 16.4. The lowest BCUT2D eigenvalue weighted by atomic mass is 10.0. The molecule has 1 unspecified atom stereocenters. The van der Waals surface area contributed by atoms with Crippen molar-refractivity contribution in [1.29, 1.82) is 0 Å². The van der Waals surface area contributed by atoms with Crippen LogP contribution in [0.25, 0.3) is 0 Å². The van der Waals surface area contributed by atoms with Crippen LogP contribution in [0.2, 0.25) is 0 Å². The van der Waals surface area contributed by atoms with Gasteiger partial charge in [0.25, 0.3) is 5.91 Å². The zero-order valence-corrected chi connectivity index (χ0v) is 19.9. The number of ether oxygens (including phenoxy) is 3. The number of carbonyl (C=O) groups is 2. The van der Waals surface area contributed by atoms with Gasteiger partial charge in [-0.2, -0.15) is 10.1 Å². The SMILES string of the molecule is CCC1OC(=O)N(Cc2cccc(NC(=O)c3cccs3)c2)N=C1c1ccc(OC)c(OC)c1. The van der Waals surface area contributed by atoms with Crippen molar-refractivity contribution < 1.29 is 23.8 Å². The van der Waals surface area contributed by atoms with Gasteiger partial charge in [-0.25, -0.2) is 4.79 Å². The maximum Gasteiger partial charge on any atom is 0.431 e. The van der Waals surface area contributed by atoms with E-state index in [0.717, 1.165) is 11.1 Å². The molecular formula is C25H25N3O5S. The molecule has 0 saturated heterocycles. The van der Waals surface area contributed by atoms with Crippen LogP contribution in [0.15, 0.2) is 65.1 Å². The van der Waals surface area contributed by atoms with Gasteiger partial charge >= 0.3 is 6.09 Å². The molecule has 1 aliphatic heterocycles. The number of anilines is 1. The van der Waals surface area contributed by atoms with Gasteiger partial charge in [-0.3, -0.25) is 4.79 Å². The quantitative estimate of drug-likeness (QED) is 0.482. The lowest BCUT2D eigenvalue weighted by Gasteiger charge is -2.29. The van der Waals surface area contributed by atoms with Crippen LogP contribution >= 0.6 is 11.3 Å². The first-order chi connectivity index (χ1) is 16.5. The van der Waals surface area contributed by atoms with E-state index in [1.807, 2.05) is 48.7 Å². The number of rotatable bonds is 8. The van der Waals surface area contributed by atoms with Crippen LogP contribution < -0.4 is 14.8 Å². The second-order valence-electron chi connectivity index (χ2n) is 7.53. The molecule has 34 heavy (non-hydrogen) atoms. The van der Waals surface area contributed by atoms with Gasteiger partial charge < -0.3 is 19.5 Å². The van der Waals surface area contributed by atoms with Crippen molar-refractivity contribution in [2.24, 2.45) is 5.10 Å². The Labute approximate surface area is 201 Å². The van der Waals surface area contributed by atoms with Crippen LogP contribution in [-0.2, 0) is 11.3 Å². The van der Waals surface area contributed by atoms with E-state index >= 15 is 0 Å². The second kappa shape index (κ2) is 10.4. The number of cyclic esters (lactones) is 1. The van der Waals surface area contributed by atoms with E-state index in [-0.39, 0.29) is 12.5 Å². The van der Waals surface area contributed by atoms with Gasteiger partial charge in [0.2, 0.25) is 0 Å². The highest BCUT2D eigenvalue weighted by molar-refractivity contribution is 7.12. The van der Waals surface area contributed by atoms with E-state index in [1.165, 1.54) is 16.3 Å². The zero-order valence-electron chi connectivity index (χ0n) is 19.1. The number of thiophene rings is 1. The zero-order chi connectivity index (χ0) is 24.1. The Bertz CT molecular complexity index is 1210. The predicted molar refractivity (Wildman–Crippen MR) is 131 cm³/mol. The summed E-state index contributed by atoms with van der Waals surface area (Å²) in [7, 11) is 3.14. The van der Waals surface area contributed by atoms with Gasteiger partial charge in [-0.05, 0) is 53.8 Å². The Morgan fingerprint density at radius 2 is 1.94 bits per heavy atom. The molecule has 4 rings (SSSR count). The topological polar surface area (TPSA) is 89.5 Å². The van der Waals surface area contributed by atoms with Crippen molar-refractivity contribution in [1.82, 2.24) is 5.01 Å². The van der Waals surface area contributed by atoms with Gasteiger partial charge in [0.15, 0.2) is 11.5 Å². The van der Waals surface area contributed by atoms with Crippen LogP contribution in [0, 0.1) is 0 Å². The molecule has 0 aliphatic carbocycles. The molecule has 0 bridgehead atoms. The first-order valence-electron chi connectivity index (χ1n) is 10.7. The Hall–Kier alpha value is -3.85. The summed E-state index contributed by atoms with van der Waals surface area (Å²) in [6, 6.07) is 16.4. The molecule has 0 radical (unpaired) electrons. The third kappa shape index (κ3) is 5.04. The maximum atomic E-state index is 12.7. The van der Waals surface area contributed by atoms with Crippen LogP contribution in [-0.4, -0.2) is 43.0 Å². The average molecular weight is 480 g/mol. The summed E-state index contributed by atoms with van der Waals surface area (Å²) in [5.41, 5.74) is 2.84. The Kier molecular flexibility index (Phi) is 7.12. The monoisotopic (exact) mass is 479 g/mol. The molecule has 0 fully saturated rings. The van der Waals surface area contributed by atoms with Crippen molar-refractivity contribution in [3.63, 3.8) is 0 Å². The van der Waals surface area contributed by atoms with E-state index in [1.54, 1.807) is 32.4 Å². The fraction of sp³-hybridized carbons (Fsp3) is 0.240. The van der Waals surface area contributed by atoms with Crippen LogP contribution in [0.5, 0.6) is 11.5 Å². The fourth-order valence-electron chi connectivity index (χ4n) is 3.61. The normalized spacial score (nSPS) is 15.4. The number of nitrogens with zero attached hydrogens (tertiary/aromatic N) is 2. The van der Waals surface area contributed by atoms with Crippen molar-refractivity contribution in [3.8, 4) is 11.5 Å². The molecular weight excluding hydrogens is 454 g/mol. The van der Waals surface area contributed by atoms with Gasteiger partial charge in [0, 0.05) is 11.3 Å². The fourth-order valence-corrected chi connectivity index (χ4v) is 4.23. The number of benzene rings is 2. The summed E-state index contributed by atoms with van der Waals surface area (Å²) in [4.78, 5) is 25.7. The van der Waals surface area contributed by atoms with E-state index < -0.39 is 12.2 Å². The van der Waals surface area contributed by atoms with Crippen molar-refractivity contribution >= 4 is 34.7 Å². The van der Waals surface area contributed by atoms with Crippen molar-refractivity contribution in [3.05, 3.63) is 76.0 Å². The number of methoxy groups -OCH3 is 2. The van der Waals surface area contributed by atoms with E-state index in [2.05, 4.69) is 10.4 Å². The van der Waals surface area contributed by atoms with Gasteiger partial charge in [0.1, 0.15) is 11.8 Å². The van der Waals surface area contributed by atoms with E-state index in [4.69, 9.17) is 14.2 Å². The van der Waals surface area contributed by atoms with Gasteiger partial charge in [0.05, 0.1) is 25.6 Å². The maximum absolute atomic E-state index is 12.7. The average Bonchev–Trinajstić information content (AvgIpc) is 3.40. The van der Waals surface area contributed by atoms with Crippen LogP contribution in [0.1, 0.15) is 34.1 Å². The number of carbonyl (C=O) groups excluding carboxylic acids is 2. The minimum atomic E-state index is -0.524. The smallest absolute Gasteiger partial charge is 0.431 e. The molecule has 1 atom stereocenters. The summed E-state index contributed by atoms with van der Waals surface area (Å²) >= 11 is 1.37. The van der Waals surface area contributed by atoms with Crippen LogP contribution in [0.4, 0.5) is 10.5 Å². The summed E-state index contributed by atoms with van der Waals surface area (Å²) in [6.07, 6.45) is -0.417. The number of nitrogens with one attached hydrogen (secondary N) is 1. The lowest BCUT2D eigenvalue weighted by Crippen LogP contribution is -2.41. The highest BCUT2D eigenvalue weighted by Gasteiger charge is 2.31. The van der Waals surface area contributed by atoms with Crippen molar-refractivity contribution in [2.45, 2.75) is 26.0 Å². The molecule has 1 aliphatic rings. The Morgan fingerprint density at radius 1 is 1.12 bits per heavy atom. The molecule has 3 aromatic rings. The number of hydrazone groups is 1. The molecule has 1 aromatic heterocycles. The molecule has 2 aromatic carbocycles. The first kappa shape index (κ1) is 23.3. The Morgan fingerprint density at radius 3 is 2.65 bits per heavy atom. The summed E-state index contributed by atoms with van der Waals surface area (Å²) in [5, 5.41) is 10.7. The van der Waals surface area contributed by atoms with Gasteiger partial charge in [-0.15, -0.1) is 11.3 Å². The van der Waals surface area contributed by atoms with Crippen LogP contribution in [0.3, 0.4) is 0 Å². The third-order valence-electron chi connectivity index (χ3n) is 5.30. The molecule has 0 saturated carbocycles. The van der Waals surface area contributed by atoms with E-state index in [0.29, 0.717) is 34.2 Å². The first-order valence-corrected chi connectivity index (χ1v) is 11.6. The standard InChI is InChI=1S/C25H25N3O5S/c1-4-19-23(17-10-11-20(31-2)21(14-17)32-3)27-28(25(30)33-19)15-16-7-5-8-18(13-16)26-24(29)22-9-6-12-34-22/h5-14,19H,4,15H2,1-3H3,(H,26,29). The third-order valence-corrected chi connectivity index (χ3v) is 6.17. The minimum absolute atomic E-state index is 0.177. The number of hydrogen-bond acceptors (Lipinski definition) is 7. The molecule has 1 N–H and O–H groups in total. The predicted octanol–water partition coefficient (Wildman–Crippen LogP) is 5.15. The molecule has 176 valence electrons. The molecule has 2 amide bonds. The molecule has 2 heterocycles. The number of hydrogen-bond donors (Lipinski definition) is 1. The highest BCUT2D eigenvalue weighted by Crippen LogP contribution is 2.30. The number of amides is 2. The molecule has 9 heteroatoms. The molecule has 0 spiro atoms. The largest absolute Gasteiger partial charge is 0.493 e. The minimum Gasteiger partial charge on any atom is -0.493 e. The molecule has 8 nitrogen and oxygen atoms in total. The van der Waals surface area contributed by atoms with Gasteiger partial charge in [-0.1, -0.05) is 25.1 Å². The summed E-state index contributed by atoms with van der Waals surface area (Å²) in [6.45, 7) is 2.12. The van der Waals surface area contributed by atoms with Crippen molar-refractivity contribution in [2.75, 3.05) is 19.5 Å². The second-order valence-corrected chi connectivity index (χ2v) is 8.47. The Balaban J connectivity index is 1.58. The van der Waals surface area contributed by atoms with E-state index in [9.17, 15) is 9.59 Å². The highest BCUT2D eigenvalue weighted by atomic mass is 32.1. The lowest BCUT2D eigenvalue weighted by molar-refractivity contribution is 0.0712.